The van der Waals surface area contributed by atoms with Crippen LogP contribution in [0.25, 0.3) is 0 Å². The van der Waals surface area contributed by atoms with Crippen LogP contribution in [0.4, 0.5) is 10.1 Å². The summed E-state index contributed by atoms with van der Waals surface area (Å²) in [5.41, 5.74) is 1.01. The fourth-order valence-electron chi connectivity index (χ4n) is 1.58. The topological polar surface area (TPSA) is 12.0 Å². The quantitative estimate of drug-likeness (QED) is 0.669. The van der Waals surface area contributed by atoms with Gasteiger partial charge in [-0.05, 0) is 18.2 Å². The molecule has 0 heterocycles. The Bertz CT molecular complexity index is 596. The summed E-state index contributed by atoms with van der Waals surface area (Å²) in [4.78, 5) is 0. The fourth-order valence-corrected chi connectivity index (χ4v) is 3.12. The maximum absolute atomic E-state index is 13.7. The number of rotatable bonds is 3. The zero-order chi connectivity index (χ0) is 14.0. The number of hydrogen-bond acceptors (Lipinski definition) is 1. The third kappa shape index (κ3) is 3.54. The lowest BCUT2D eigenvalue weighted by atomic mass is 10.2. The molecule has 0 unspecified atom stereocenters. The molecule has 0 aliphatic heterocycles. The first kappa shape index (κ1) is 14.9. The Kier molecular flexibility index (Phi) is 4.96. The predicted molar refractivity (Wildman–Crippen MR) is 82.9 cm³/mol. The average molecular weight is 383 g/mol. The summed E-state index contributed by atoms with van der Waals surface area (Å²) in [7, 11) is 0. The Morgan fingerprint density at radius 2 is 1.68 bits per heavy atom. The Morgan fingerprint density at radius 1 is 1.05 bits per heavy atom. The van der Waals surface area contributed by atoms with Crippen LogP contribution in [0.15, 0.2) is 34.8 Å². The molecule has 1 N–H and O–H groups in total. The summed E-state index contributed by atoms with van der Waals surface area (Å²) in [6.45, 7) is 0.244. The molecule has 2 rings (SSSR count). The van der Waals surface area contributed by atoms with Gasteiger partial charge in [0.2, 0.25) is 0 Å². The van der Waals surface area contributed by atoms with Gasteiger partial charge in [0.25, 0.3) is 0 Å². The second-order valence-electron chi connectivity index (χ2n) is 3.81. The highest BCUT2D eigenvalue weighted by atomic mass is 79.9. The monoisotopic (exact) mass is 381 g/mol. The zero-order valence-electron chi connectivity index (χ0n) is 9.48. The molecule has 0 aliphatic carbocycles. The minimum Gasteiger partial charge on any atom is -0.378 e. The van der Waals surface area contributed by atoms with Gasteiger partial charge in [-0.25, -0.2) is 4.39 Å². The molecule has 2 aromatic carbocycles. The lowest BCUT2D eigenvalue weighted by Crippen LogP contribution is -2.03. The van der Waals surface area contributed by atoms with Gasteiger partial charge in [0.15, 0.2) is 0 Å². The molecule has 0 amide bonds. The van der Waals surface area contributed by atoms with Crippen molar-refractivity contribution in [1.29, 1.82) is 0 Å². The van der Waals surface area contributed by atoms with Gasteiger partial charge in [-0.2, -0.15) is 0 Å². The molecule has 0 aromatic heterocycles. The van der Waals surface area contributed by atoms with Gasteiger partial charge in [-0.1, -0.05) is 62.9 Å². The molecule has 0 bridgehead atoms. The van der Waals surface area contributed by atoms with Crippen LogP contribution in [0.1, 0.15) is 5.56 Å². The lowest BCUT2D eigenvalue weighted by molar-refractivity contribution is 0.613. The first-order chi connectivity index (χ1) is 8.99. The van der Waals surface area contributed by atoms with Gasteiger partial charge >= 0.3 is 0 Å². The number of benzene rings is 2. The van der Waals surface area contributed by atoms with Crippen LogP contribution in [0, 0.1) is 5.82 Å². The normalized spacial score (nSPS) is 10.6. The van der Waals surface area contributed by atoms with Crippen LogP contribution in [-0.4, -0.2) is 0 Å². The Labute approximate surface area is 133 Å². The predicted octanol–water partition coefficient (Wildman–Crippen LogP) is 6.16. The average Bonchev–Trinajstić information content (AvgIpc) is 2.33. The summed E-state index contributed by atoms with van der Waals surface area (Å²) in [6.07, 6.45) is 0. The zero-order valence-corrected chi connectivity index (χ0v) is 13.3. The largest absolute Gasteiger partial charge is 0.378 e. The van der Waals surface area contributed by atoms with Gasteiger partial charge in [0.05, 0.1) is 20.8 Å². The molecule has 0 atom stereocenters. The summed E-state index contributed by atoms with van der Waals surface area (Å²) in [5.74, 6) is -0.443. The van der Waals surface area contributed by atoms with Crippen LogP contribution in [0.3, 0.4) is 0 Å². The van der Waals surface area contributed by atoms with Crippen LogP contribution in [-0.2, 0) is 6.54 Å². The first-order valence-corrected chi connectivity index (χ1v) is 7.23. The van der Waals surface area contributed by atoms with Crippen LogP contribution in [0.2, 0.25) is 15.1 Å². The minimum absolute atomic E-state index is 0.0901. The van der Waals surface area contributed by atoms with Crippen molar-refractivity contribution < 1.29 is 4.39 Å². The van der Waals surface area contributed by atoms with E-state index in [1.54, 1.807) is 24.3 Å². The summed E-state index contributed by atoms with van der Waals surface area (Å²) in [6, 6.07) is 8.26. The smallest absolute Gasteiger partial charge is 0.146 e. The maximum Gasteiger partial charge on any atom is 0.146 e. The third-order valence-electron chi connectivity index (χ3n) is 2.49. The van der Waals surface area contributed by atoms with E-state index in [1.807, 2.05) is 0 Å². The molecule has 0 fully saturated rings. The van der Waals surface area contributed by atoms with Gasteiger partial charge in [-0.3, -0.25) is 0 Å². The van der Waals surface area contributed by atoms with Crippen molar-refractivity contribution >= 4 is 56.4 Å². The second-order valence-corrected chi connectivity index (χ2v) is 5.95. The van der Waals surface area contributed by atoms with Gasteiger partial charge < -0.3 is 5.32 Å². The van der Waals surface area contributed by atoms with E-state index < -0.39 is 5.82 Å². The van der Waals surface area contributed by atoms with E-state index in [9.17, 15) is 4.39 Å². The van der Waals surface area contributed by atoms with Gasteiger partial charge in [0.1, 0.15) is 5.82 Å². The number of nitrogens with one attached hydrogen (secondary N) is 1. The minimum atomic E-state index is -0.443. The summed E-state index contributed by atoms with van der Waals surface area (Å²) in [5, 5.41) is 4.02. The van der Waals surface area contributed by atoms with Crippen molar-refractivity contribution in [3.05, 3.63) is 61.3 Å². The Balaban J connectivity index is 2.22. The lowest BCUT2D eigenvalue weighted by Gasteiger charge is -2.12. The van der Waals surface area contributed by atoms with E-state index in [2.05, 4.69) is 21.2 Å². The number of anilines is 1. The maximum atomic E-state index is 13.7. The highest BCUT2D eigenvalue weighted by molar-refractivity contribution is 9.10. The van der Waals surface area contributed by atoms with Crippen LogP contribution >= 0.6 is 50.7 Å². The van der Waals surface area contributed by atoms with Crippen molar-refractivity contribution in [3.63, 3.8) is 0 Å². The van der Waals surface area contributed by atoms with Crippen molar-refractivity contribution in [3.8, 4) is 0 Å². The SMILES string of the molecule is Fc1c(Cl)cccc1CNc1c(Cl)cc(Br)cc1Cl. The van der Waals surface area contributed by atoms with Crippen LogP contribution < -0.4 is 5.32 Å². The molecule has 6 heteroatoms. The highest BCUT2D eigenvalue weighted by Crippen LogP contribution is 2.34. The van der Waals surface area contributed by atoms with E-state index in [4.69, 9.17) is 34.8 Å². The van der Waals surface area contributed by atoms with Crippen LogP contribution in [0.5, 0.6) is 0 Å². The summed E-state index contributed by atoms with van der Waals surface area (Å²) < 4.78 is 14.5. The van der Waals surface area contributed by atoms with E-state index >= 15 is 0 Å². The van der Waals surface area contributed by atoms with E-state index in [1.165, 1.54) is 6.07 Å². The molecule has 19 heavy (non-hydrogen) atoms. The molecule has 0 saturated carbocycles. The van der Waals surface area contributed by atoms with Crippen molar-refractivity contribution in [2.24, 2.45) is 0 Å². The molecule has 2 aromatic rings. The van der Waals surface area contributed by atoms with E-state index in [0.717, 1.165) is 4.47 Å². The molecule has 100 valence electrons. The number of hydrogen-bond donors (Lipinski definition) is 1. The first-order valence-electron chi connectivity index (χ1n) is 5.30. The molecule has 1 nitrogen and oxygen atoms in total. The standard InChI is InChI=1S/C13H8BrCl3FN/c14-8-4-10(16)13(11(17)5-8)19-6-7-2-1-3-9(15)12(7)18/h1-5,19H,6H2. The van der Waals surface area contributed by atoms with Gasteiger partial charge in [-0.15, -0.1) is 0 Å². The fraction of sp³-hybridized carbons (Fsp3) is 0.0769. The van der Waals surface area contributed by atoms with Crippen molar-refractivity contribution in [2.45, 2.75) is 6.54 Å². The second kappa shape index (κ2) is 6.31. The van der Waals surface area contributed by atoms with Gasteiger partial charge in [0, 0.05) is 16.6 Å². The highest BCUT2D eigenvalue weighted by Gasteiger charge is 2.10. The molecule has 0 spiro atoms. The van der Waals surface area contributed by atoms with Crippen molar-refractivity contribution in [2.75, 3.05) is 5.32 Å². The molecular formula is C13H8BrCl3FN. The Hall–Kier alpha value is -0.480. The van der Waals surface area contributed by atoms with E-state index in [-0.39, 0.29) is 11.6 Å². The van der Waals surface area contributed by atoms with Crippen molar-refractivity contribution in [1.82, 2.24) is 0 Å². The molecule has 0 aliphatic rings. The number of halogens is 5. The molecule has 0 saturated heterocycles. The Morgan fingerprint density at radius 3 is 2.32 bits per heavy atom. The van der Waals surface area contributed by atoms with E-state index in [0.29, 0.717) is 21.3 Å². The molecular weight excluding hydrogens is 375 g/mol. The summed E-state index contributed by atoms with van der Waals surface area (Å²) >= 11 is 21.2. The third-order valence-corrected chi connectivity index (χ3v) is 3.84. The molecule has 0 radical (unpaired) electrons.